The van der Waals surface area contributed by atoms with Crippen LogP contribution in [0.3, 0.4) is 0 Å². The molecule has 0 saturated carbocycles. The van der Waals surface area contributed by atoms with Crippen LogP contribution >= 0.6 is 0 Å². The molecule has 100 valence electrons. The van der Waals surface area contributed by atoms with E-state index in [-0.39, 0.29) is 12.1 Å². The lowest BCUT2D eigenvalue weighted by Crippen LogP contribution is -2.49. The molecule has 1 fully saturated rings. The minimum Gasteiger partial charge on any atom is -0.475 e. The second-order valence-electron chi connectivity index (χ2n) is 4.54. The summed E-state index contributed by atoms with van der Waals surface area (Å²) in [5.74, 6) is 1.44. The molecule has 18 heavy (non-hydrogen) atoms. The maximum atomic E-state index is 5.75. The van der Waals surface area contributed by atoms with E-state index in [1.54, 1.807) is 0 Å². The van der Waals surface area contributed by atoms with Gasteiger partial charge in [0.15, 0.2) is 0 Å². The fourth-order valence-electron chi connectivity index (χ4n) is 1.94. The average Bonchev–Trinajstić information content (AvgIpc) is 2.38. The van der Waals surface area contributed by atoms with Crippen LogP contribution in [0.25, 0.3) is 0 Å². The summed E-state index contributed by atoms with van der Waals surface area (Å²) in [5.41, 5.74) is 5.75. The van der Waals surface area contributed by atoms with Gasteiger partial charge < -0.3 is 20.1 Å². The number of nitrogens with zero attached hydrogens (tertiary/aromatic N) is 3. The number of aromatic nitrogens is 2. The minimum atomic E-state index is 0.0998. The van der Waals surface area contributed by atoms with Crippen molar-refractivity contribution < 1.29 is 9.47 Å². The van der Waals surface area contributed by atoms with E-state index in [4.69, 9.17) is 15.2 Å². The molecule has 0 aromatic carbocycles. The predicted octanol–water partition coefficient (Wildman–Crippen LogP) is 0.428. The zero-order chi connectivity index (χ0) is 13.0. The van der Waals surface area contributed by atoms with Crippen molar-refractivity contribution in [2.75, 3.05) is 31.2 Å². The summed E-state index contributed by atoms with van der Waals surface area (Å²) in [5, 5.41) is 0. The molecule has 1 aromatic rings. The number of hydrogen-bond donors (Lipinski definition) is 1. The van der Waals surface area contributed by atoms with Gasteiger partial charge >= 0.3 is 0 Å². The maximum absolute atomic E-state index is 5.75. The van der Waals surface area contributed by atoms with Crippen molar-refractivity contribution in [3.63, 3.8) is 0 Å². The van der Waals surface area contributed by atoms with Gasteiger partial charge in [0, 0.05) is 19.2 Å². The summed E-state index contributed by atoms with van der Waals surface area (Å²) < 4.78 is 11.0. The molecule has 0 radical (unpaired) electrons. The highest BCUT2D eigenvalue weighted by molar-refractivity contribution is 5.42. The van der Waals surface area contributed by atoms with Gasteiger partial charge in [0.05, 0.1) is 25.4 Å². The number of rotatable bonds is 4. The number of hydrogen-bond acceptors (Lipinski definition) is 6. The summed E-state index contributed by atoms with van der Waals surface area (Å²) in [6.07, 6.45) is 1.62. The maximum Gasteiger partial charge on any atom is 0.218 e. The Bertz CT molecular complexity index is 386. The molecule has 1 aliphatic heterocycles. The van der Waals surface area contributed by atoms with Gasteiger partial charge in [-0.2, -0.15) is 0 Å². The molecular formula is C12H20N4O2. The second kappa shape index (κ2) is 5.97. The lowest BCUT2D eigenvalue weighted by atomic mass is 10.2. The van der Waals surface area contributed by atoms with Crippen LogP contribution in [0.4, 0.5) is 5.82 Å². The fraction of sp³-hybridized carbons (Fsp3) is 0.667. The minimum absolute atomic E-state index is 0.0998. The van der Waals surface area contributed by atoms with Crippen molar-refractivity contribution >= 4 is 5.82 Å². The van der Waals surface area contributed by atoms with Crippen LogP contribution in [0, 0.1) is 0 Å². The van der Waals surface area contributed by atoms with Gasteiger partial charge in [-0.05, 0) is 13.8 Å². The van der Waals surface area contributed by atoms with Crippen molar-refractivity contribution in [2.45, 2.75) is 26.0 Å². The van der Waals surface area contributed by atoms with Gasteiger partial charge in [0.25, 0.3) is 0 Å². The van der Waals surface area contributed by atoms with Crippen LogP contribution in [-0.2, 0) is 4.74 Å². The predicted molar refractivity (Wildman–Crippen MR) is 68.8 cm³/mol. The topological polar surface area (TPSA) is 73.5 Å². The summed E-state index contributed by atoms with van der Waals surface area (Å²) in [7, 11) is 0. The van der Waals surface area contributed by atoms with Crippen LogP contribution < -0.4 is 15.4 Å². The lowest BCUT2D eigenvalue weighted by Gasteiger charge is -2.35. The zero-order valence-corrected chi connectivity index (χ0v) is 10.9. The Balaban J connectivity index is 2.15. The summed E-state index contributed by atoms with van der Waals surface area (Å²) in [6, 6.07) is 2.02. The van der Waals surface area contributed by atoms with E-state index in [2.05, 4.69) is 14.9 Å². The zero-order valence-electron chi connectivity index (χ0n) is 10.9. The van der Waals surface area contributed by atoms with Gasteiger partial charge in [0.2, 0.25) is 5.88 Å². The van der Waals surface area contributed by atoms with Gasteiger partial charge in [-0.15, -0.1) is 0 Å². The normalized spacial score (nSPS) is 20.2. The molecule has 0 amide bonds. The smallest absolute Gasteiger partial charge is 0.218 e. The van der Waals surface area contributed by atoms with E-state index in [1.807, 2.05) is 19.9 Å². The average molecular weight is 252 g/mol. The standard InChI is InChI=1S/C12H20N4O2/c1-9(2)18-12-5-11(14-8-15-12)16-3-4-17-7-10(16)6-13/h5,8-10H,3-4,6-7,13H2,1-2H3. The van der Waals surface area contributed by atoms with Crippen molar-refractivity contribution in [3.8, 4) is 5.88 Å². The molecule has 1 unspecified atom stereocenters. The number of ether oxygens (including phenoxy) is 2. The Morgan fingerprint density at radius 3 is 3.11 bits per heavy atom. The number of anilines is 1. The molecule has 0 spiro atoms. The van der Waals surface area contributed by atoms with Gasteiger partial charge in [-0.3, -0.25) is 0 Å². The van der Waals surface area contributed by atoms with Crippen LogP contribution in [0.1, 0.15) is 13.8 Å². The molecule has 1 saturated heterocycles. The summed E-state index contributed by atoms with van der Waals surface area (Å²) in [4.78, 5) is 10.5. The fourth-order valence-corrected chi connectivity index (χ4v) is 1.94. The van der Waals surface area contributed by atoms with E-state index in [0.717, 1.165) is 12.4 Å². The van der Waals surface area contributed by atoms with Crippen LogP contribution in [0.5, 0.6) is 5.88 Å². The Morgan fingerprint density at radius 1 is 1.56 bits per heavy atom. The van der Waals surface area contributed by atoms with Crippen molar-refractivity contribution in [2.24, 2.45) is 5.73 Å². The number of morpholine rings is 1. The Morgan fingerprint density at radius 2 is 2.39 bits per heavy atom. The molecule has 2 N–H and O–H groups in total. The molecule has 6 nitrogen and oxygen atoms in total. The van der Waals surface area contributed by atoms with Crippen molar-refractivity contribution in [3.05, 3.63) is 12.4 Å². The van der Waals surface area contributed by atoms with E-state index in [0.29, 0.717) is 25.6 Å². The highest BCUT2D eigenvalue weighted by atomic mass is 16.5. The Hall–Kier alpha value is -1.40. The summed E-state index contributed by atoms with van der Waals surface area (Å²) >= 11 is 0. The monoisotopic (exact) mass is 252 g/mol. The van der Waals surface area contributed by atoms with Gasteiger partial charge in [-0.25, -0.2) is 9.97 Å². The molecule has 1 atom stereocenters. The Kier molecular flexibility index (Phi) is 4.33. The molecule has 1 aromatic heterocycles. The van der Waals surface area contributed by atoms with E-state index >= 15 is 0 Å². The summed E-state index contributed by atoms with van der Waals surface area (Å²) in [6.45, 7) is 6.62. The highest BCUT2D eigenvalue weighted by Gasteiger charge is 2.23. The van der Waals surface area contributed by atoms with Crippen LogP contribution in [0.2, 0.25) is 0 Å². The highest BCUT2D eigenvalue weighted by Crippen LogP contribution is 2.20. The molecule has 1 aliphatic rings. The van der Waals surface area contributed by atoms with E-state index < -0.39 is 0 Å². The van der Waals surface area contributed by atoms with Gasteiger partial charge in [-0.1, -0.05) is 0 Å². The lowest BCUT2D eigenvalue weighted by molar-refractivity contribution is 0.0957. The third-order valence-electron chi connectivity index (χ3n) is 2.78. The quantitative estimate of drug-likeness (QED) is 0.837. The first-order chi connectivity index (χ1) is 8.70. The SMILES string of the molecule is CC(C)Oc1cc(N2CCOCC2CN)ncn1. The molecule has 2 heterocycles. The number of nitrogens with two attached hydrogens (primary N) is 1. The first-order valence-electron chi connectivity index (χ1n) is 6.24. The molecule has 6 heteroatoms. The van der Waals surface area contributed by atoms with Crippen LogP contribution in [-0.4, -0.2) is 48.4 Å². The third-order valence-corrected chi connectivity index (χ3v) is 2.78. The first-order valence-corrected chi connectivity index (χ1v) is 6.24. The van der Waals surface area contributed by atoms with E-state index in [1.165, 1.54) is 6.33 Å². The first kappa shape index (κ1) is 13.0. The Labute approximate surface area is 107 Å². The molecule has 0 bridgehead atoms. The molecule has 2 rings (SSSR count). The van der Waals surface area contributed by atoms with Gasteiger partial charge in [0.1, 0.15) is 12.1 Å². The van der Waals surface area contributed by atoms with E-state index in [9.17, 15) is 0 Å². The van der Waals surface area contributed by atoms with Crippen molar-refractivity contribution in [1.82, 2.24) is 9.97 Å². The molecular weight excluding hydrogens is 232 g/mol. The second-order valence-corrected chi connectivity index (χ2v) is 4.54. The van der Waals surface area contributed by atoms with Crippen molar-refractivity contribution in [1.29, 1.82) is 0 Å². The molecule has 0 aliphatic carbocycles. The largest absolute Gasteiger partial charge is 0.475 e. The third kappa shape index (κ3) is 3.08. The van der Waals surface area contributed by atoms with Crippen LogP contribution in [0.15, 0.2) is 12.4 Å².